The topological polar surface area (TPSA) is 68.3 Å². The van der Waals surface area contributed by atoms with Crippen molar-refractivity contribution in [2.45, 2.75) is 19.8 Å². The molecule has 1 atom stereocenters. The van der Waals surface area contributed by atoms with Crippen LogP contribution in [-0.4, -0.2) is 30.5 Å². The largest absolute Gasteiger partial charge is 0.464 e. The molecule has 1 heterocycles. The normalized spacial score (nSPS) is 11.6. The van der Waals surface area contributed by atoms with Crippen LogP contribution in [0.2, 0.25) is 0 Å². The van der Waals surface area contributed by atoms with Gasteiger partial charge in [0.15, 0.2) is 0 Å². The van der Waals surface area contributed by atoms with Crippen molar-refractivity contribution in [3.05, 3.63) is 65.0 Å². The van der Waals surface area contributed by atoms with Crippen molar-refractivity contribution in [1.82, 2.24) is 10.3 Å². The molecule has 0 aliphatic carbocycles. The van der Waals surface area contributed by atoms with Crippen molar-refractivity contribution in [2.24, 2.45) is 0 Å². The lowest BCUT2D eigenvalue weighted by Crippen LogP contribution is -2.27. The van der Waals surface area contributed by atoms with Crippen molar-refractivity contribution in [3.8, 4) is 0 Å². The molecule has 1 unspecified atom stereocenters. The number of esters is 1. The van der Waals surface area contributed by atoms with Gasteiger partial charge in [-0.05, 0) is 30.5 Å². The number of nitrogens with one attached hydrogen (secondary N) is 1. The highest BCUT2D eigenvalue weighted by Crippen LogP contribution is 2.15. The Hall–Kier alpha value is -2.69. The number of aryl methyl sites for hydroxylation is 1. The van der Waals surface area contributed by atoms with Gasteiger partial charge < -0.3 is 10.1 Å². The maximum Gasteiger partial charge on any atom is 0.356 e. The van der Waals surface area contributed by atoms with Crippen molar-refractivity contribution in [3.63, 3.8) is 0 Å². The molecule has 1 amide bonds. The van der Waals surface area contributed by atoms with E-state index in [2.05, 4.69) is 28.0 Å². The van der Waals surface area contributed by atoms with Gasteiger partial charge in [0.2, 0.25) is 0 Å². The second-order valence-electron chi connectivity index (χ2n) is 5.45. The van der Waals surface area contributed by atoms with Crippen molar-refractivity contribution < 1.29 is 14.3 Å². The Bertz CT molecular complexity index is 713. The third-order valence-corrected chi connectivity index (χ3v) is 3.60. The van der Waals surface area contributed by atoms with Gasteiger partial charge in [0.05, 0.1) is 7.11 Å². The van der Waals surface area contributed by atoms with Crippen molar-refractivity contribution >= 4 is 11.9 Å². The quantitative estimate of drug-likeness (QED) is 0.862. The number of nitrogens with zero attached hydrogens (tertiary/aromatic N) is 1. The van der Waals surface area contributed by atoms with Crippen LogP contribution >= 0.6 is 0 Å². The summed E-state index contributed by atoms with van der Waals surface area (Å²) >= 11 is 0. The van der Waals surface area contributed by atoms with Crippen LogP contribution in [0.25, 0.3) is 0 Å². The van der Waals surface area contributed by atoms with Crippen LogP contribution in [0.3, 0.4) is 0 Å². The Kier molecular flexibility index (Phi) is 5.46. The van der Waals surface area contributed by atoms with Gasteiger partial charge >= 0.3 is 5.97 Å². The third-order valence-electron chi connectivity index (χ3n) is 3.60. The molecule has 23 heavy (non-hydrogen) atoms. The van der Waals surface area contributed by atoms with E-state index in [4.69, 9.17) is 0 Å². The molecule has 0 fully saturated rings. The SMILES string of the molecule is COC(=O)c1cc(C(=O)NCC(C)c2cccc(C)c2)ccn1. The first-order chi connectivity index (χ1) is 11.0. The second kappa shape index (κ2) is 7.54. The molecule has 1 N–H and O–H groups in total. The smallest absolute Gasteiger partial charge is 0.356 e. The molecule has 2 rings (SSSR count). The highest BCUT2D eigenvalue weighted by Gasteiger charge is 2.13. The maximum absolute atomic E-state index is 12.2. The minimum atomic E-state index is -0.562. The number of pyridine rings is 1. The Morgan fingerprint density at radius 1 is 1.26 bits per heavy atom. The Labute approximate surface area is 135 Å². The van der Waals surface area contributed by atoms with E-state index in [1.165, 1.54) is 30.5 Å². The van der Waals surface area contributed by atoms with Crippen molar-refractivity contribution in [1.29, 1.82) is 0 Å². The lowest BCUT2D eigenvalue weighted by atomic mass is 9.99. The number of benzene rings is 1. The predicted octanol–water partition coefficient (Wildman–Crippen LogP) is 2.71. The molecule has 1 aromatic heterocycles. The molecule has 1 aromatic carbocycles. The number of aromatic nitrogens is 1. The van der Waals surface area contributed by atoms with Crippen LogP contribution in [0.5, 0.6) is 0 Å². The van der Waals surface area contributed by atoms with Crippen LogP contribution < -0.4 is 5.32 Å². The van der Waals surface area contributed by atoms with Gasteiger partial charge in [-0.25, -0.2) is 9.78 Å². The van der Waals surface area contributed by atoms with E-state index in [0.29, 0.717) is 12.1 Å². The van der Waals surface area contributed by atoms with Crippen LogP contribution in [-0.2, 0) is 4.74 Å². The molecule has 0 saturated heterocycles. The van der Waals surface area contributed by atoms with E-state index in [-0.39, 0.29) is 17.5 Å². The summed E-state index contributed by atoms with van der Waals surface area (Å²) in [6.45, 7) is 4.61. The number of rotatable bonds is 5. The van der Waals surface area contributed by atoms with E-state index >= 15 is 0 Å². The Morgan fingerprint density at radius 2 is 2.04 bits per heavy atom. The molecule has 0 spiro atoms. The zero-order chi connectivity index (χ0) is 16.8. The Morgan fingerprint density at radius 3 is 2.74 bits per heavy atom. The summed E-state index contributed by atoms with van der Waals surface area (Å²) in [5.74, 6) is -0.606. The molecular formula is C18H20N2O3. The second-order valence-corrected chi connectivity index (χ2v) is 5.45. The van der Waals surface area contributed by atoms with Gasteiger partial charge in [0, 0.05) is 18.3 Å². The highest BCUT2D eigenvalue weighted by molar-refractivity contribution is 5.96. The number of amides is 1. The number of carbonyl (C=O) groups is 2. The molecule has 0 saturated carbocycles. The molecule has 0 radical (unpaired) electrons. The van der Waals surface area contributed by atoms with E-state index in [1.54, 1.807) is 6.07 Å². The van der Waals surface area contributed by atoms with Gasteiger partial charge in [-0.1, -0.05) is 36.8 Å². The summed E-state index contributed by atoms with van der Waals surface area (Å²) in [7, 11) is 1.28. The number of ether oxygens (including phenoxy) is 1. The van der Waals surface area contributed by atoms with Crippen molar-refractivity contribution in [2.75, 3.05) is 13.7 Å². The molecular weight excluding hydrogens is 292 g/mol. The van der Waals surface area contributed by atoms with E-state index in [1.807, 2.05) is 25.1 Å². The summed E-state index contributed by atoms with van der Waals surface area (Å²) in [4.78, 5) is 27.6. The molecule has 5 nitrogen and oxygen atoms in total. The van der Waals surface area contributed by atoms with E-state index in [9.17, 15) is 9.59 Å². The monoisotopic (exact) mass is 312 g/mol. The number of methoxy groups -OCH3 is 1. The van der Waals surface area contributed by atoms with Crippen LogP contribution in [0.1, 0.15) is 44.8 Å². The lowest BCUT2D eigenvalue weighted by molar-refractivity contribution is 0.0594. The van der Waals surface area contributed by atoms with Gasteiger partial charge in [-0.2, -0.15) is 0 Å². The standard InChI is InChI=1S/C18H20N2O3/c1-12-5-4-6-14(9-12)13(2)11-20-17(21)15-7-8-19-16(10-15)18(22)23-3/h4-10,13H,11H2,1-3H3,(H,20,21). The molecule has 120 valence electrons. The first-order valence-corrected chi connectivity index (χ1v) is 7.40. The zero-order valence-electron chi connectivity index (χ0n) is 13.5. The third kappa shape index (κ3) is 4.39. The lowest BCUT2D eigenvalue weighted by Gasteiger charge is -2.14. The van der Waals surface area contributed by atoms with E-state index < -0.39 is 5.97 Å². The summed E-state index contributed by atoms with van der Waals surface area (Å²) in [5, 5.41) is 2.88. The first-order valence-electron chi connectivity index (χ1n) is 7.40. The highest BCUT2D eigenvalue weighted by atomic mass is 16.5. The average Bonchev–Trinajstić information content (AvgIpc) is 2.58. The number of hydrogen-bond donors (Lipinski definition) is 1. The van der Waals surface area contributed by atoms with Crippen LogP contribution in [0, 0.1) is 6.92 Å². The van der Waals surface area contributed by atoms with E-state index in [0.717, 1.165) is 0 Å². The average molecular weight is 312 g/mol. The van der Waals surface area contributed by atoms with Gasteiger partial charge in [-0.3, -0.25) is 4.79 Å². The van der Waals surface area contributed by atoms with Crippen LogP contribution in [0.4, 0.5) is 0 Å². The molecule has 0 bridgehead atoms. The number of carbonyl (C=O) groups excluding carboxylic acids is 2. The zero-order valence-corrected chi connectivity index (χ0v) is 13.5. The molecule has 0 aliphatic rings. The first kappa shape index (κ1) is 16.7. The fourth-order valence-electron chi connectivity index (χ4n) is 2.23. The molecule has 0 aliphatic heterocycles. The fourth-order valence-corrected chi connectivity index (χ4v) is 2.23. The predicted molar refractivity (Wildman–Crippen MR) is 87.5 cm³/mol. The van der Waals surface area contributed by atoms with Gasteiger partial charge in [-0.15, -0.1) is 0 Å². The minimum Gasteiger partial charge on any atom is -0.464 e. The number of hydrogen-bond acceptors (Lipinski definition) is 4. The minimum absolute atomic E-state index is 0.117. The molecule has 2 aromatic rings. The summed E-state index contributed by atoms with van der Waals surface area (Å²) in [6.07, 6.45) is 1.42. The maximum atomic E-state index is 12.2. The molecule has 5 heteroatoms. The summed E-state index contributed by atoms with van der Waals surface area (Å²) in [5.41, 5.74) is 2.87. The van der Waals surface area contributed by atoms with Gasteiger partial charge in [0.25, 0.3) is 5.91 Å². The van der Waals surface area contributed by atoms with Gasteiger partial charge in [0.1, 0.15) is 5.69 Å². The summed E-state index contributed by atoms with van der Waals surface area (Å²) in [6, 6.07) is 11.2. The fraction of sp³-hybridized carbons (Fsp3) is 0.278. The Balaban J connectivity index is 2.01. The van der Waals surface area contributed by atoms with Crippen LogP contribution in [0.15, 0.2) is 42.6 Å². The summed E-state index contributed by atoms with van der Waals surface area (Å²) < 4.78 is 4.61.